The normalized spacial score (nSPS) is 20.9. The Labute approximate surface area is 143 Å². The molecule has 1 fully saturated rings. The number of nitrogen functional groups attached to an aromatic ring is 1. The van der Waals surface area contributed by atoms with E-state index in [4.69, 9.17) is 10.5 Å². The summed E-state index contributed by atoms with van der Waals surface area (Å²) in [5.74, 6) is 0.0224. The van der Waals surface area contributed by atoms with Crippen LogP contribution in [0, 0.1) is 13.8 Å². The Balaban J connectivity index is 1.88. The van der Waals surface area contributed by atoms with E-state index in [0.717, 1.165) is 11.1 Å². The Morgan fingerprint density at radius 1 is 1.17 bits per heavy atom. The van der Waals surface area contributed by atoms with Crippen molar-refractivity contribution in [3.8, 4) is 0 Å². The number of morpholine rings is 1. The first-order valence-electron chi connectivity index (χ1n) is 8.31. The average Bonchev–Trinajstić information content (AvgIpc) is 2.57. The standard InChI is InChI=1S/C20H24N2O2/c1-13-6-4-5-7-17(13)19-11-22(15(3)12-24-19)20(23)18-10-16(21)9-8-14(18)2/h4-10,15,19H,11-12,21H2,1-3H3. The quantitative estimate of drug-likeness (QED) is 0.860. The van der Waals surface area contributed by atoms with Crippen LogP contribution in [0.15, 0.2) is 42.5 Å². The Hall–Kier alpha value is -2.33. The van der Waals surface area contributed by atoms with Crippen LogP contribution in [-0.2, 0) is 4.74 Å². The number of hydrogen-bond donors (Lipinski definition) is 1. The molecular weight excluding hydrogens is 300 g/mol. The van der Waals surface area contributed by atoms with Crippen molar-refractivity contribution in [3.63, 3.8) is 0 Å². The van der Waals surface area contributed by atoms with Crippen LogP contribution in [0.25, 0.3) is 0 Å². The molecule has 2 unspecified atom stereocenters. The molecule has 1 amide bonds. The van der Waals surface area contributed by atoms with Crippen LogP contribution in [-0.4, -0.2) is 30.0 Å². The van der Waals surface area contributed by atoms with Gasteiger partial charge in [0, 0.05) is 11.3 Å². The summed E-state index contributed by atoms with van der Waals surface area (Å²) < 4.78 is 6.01. The van der Waals surface area contributed by atoms with Crippen LogP contribution in [0.4, 0.5) is 5.69 Å². The Morgan fingerprint density at radius 2 is 1.92 bits per heavy atom. The topological polar surface area (TPSA) is 55.6 Å². The van der Waals surface area contributed by atoms with Crippen molar-refractivity contribution in [2.75, 3.05) is 18.9 Å². The average molecular weight is 324 g/mol. The van der Waals surface area contributed by atoms with Gasteiger partial charge < -0.3 is 15.4 Å². The van der Waals surface area contributed by atoms with Crippen molar-refractivity contribution in [2.45, 2.75) is 32.9 Å². The zero-order chi connectivity index (χ0) is 17.3. The van der Waals surface area contributed by atoms with Gasteiger partial charge in [0.2, 0.25) is 0 Å². The molecular formula is C20H24N2O2. The number of benzene rings is 2. The Bertz CT molecular complexity index is 757. The molecule has 0 bridgehead atoms. The summed E-state index contributed by atoms with van der Waals surface area (Å²) in [5, 5.41) is 0. The van der Waals surface area contributed by atoms with Gasteiger partial charge in [-0.2, -0.15) is 0 Å². The highest BCUT2D eigenvalue weighted by Gasteiger charge is 2.32. The smallest absolute Gasteiger partial charge is 0.254 e. The van der Waals surface area contributed by atoms with E-state index in [0.29, 0.717) is 24.4 Å². The zero-order valence-corrected chi connectivity index (χ0v) is 14.5. The summed E-state index contributed by atoms with van der Waals surface area (Å²) in [5.41, 5.74) is 10.4. The van der Waals surface area contributed by atoms with E-state index in [-0.39, 0.29) is 18.1 Å². The maximum Gasteiger partial charge on any atom is 0.254 e. The number of ether oxygens (including phenoxy) is 1. The van der Waals surface area contributed by atoms with E-state index in [9.17, 15) is 4.79 Å². The second kappa shape index (κ2) is 6.65. The van der Waals surface area contributed by atoms with Crippen molar-refractivity contribution >= 4 is 11.6 Å². The van der Waals surface area contributed by atoms with Gasteiger partial charge in [0.15, 0.2) is 0 Å². The molecule has 2 aromatic carbocycles. The van der Waals surface area contributed by atoms with E-state index >= 15 is 0 Å². The molecule has 0 radical (unpaired) electrons. The number of amides is 1. The van der Waals surface area contributed by atoms with Crippen LogP contribution in [0.3, 0.4) is 0 Å². The minimum atomic E-state index is -0.0901. The minimum Gasteiger partial charge on any atom is -0.399 e. The highest BCUT2D eigenvalue weighted by Crippen LogP contribution is 2.28. The van der Waals surface area contributed by atoms with E-state index in [1.54, 1.807) is 6.07 Å². The fourth-order valence-electron chi connectivity index (χ4n) is 3.20. The summed E-state index contributed by atoms with van der Waals surface area (Å²) in [4.78, 5) is 15.0. The number of carbonyl (C=O) groups is 1. The third-order valence-electron chi connectivity index (χ3n) is 4.72. The molecule has 2 aromatic rings. The molecule has 3 rings (SSSR count). The molecule has 0 saturated carbocycles. The Morgan fingerprint density at radius 3 is 2.67 bits per heavy atom. The number of carbonyl (C=O) groups excluding carboxylic acids is 1. The van der Waals surface area contributed by atoms with Gasteiger partial charge in [-0.3, -0.25) is 4.79 Å². The summed E-state index contributed by atoms with van der Waals surface area (Å²) in [6.45, 7) is 7.13. The lowest BCUT2D eigenvalue weighted by molar-refractivity contribution is -0.0489. The van der Waals surface area contributed by atoms with Crippen molar-refractivity contribution in [1.82, 2.24) is 4.90 Å². The van der Waals surface area contributed by atoms with Gasteiger partial charge >= 0.3 is 0 Å². The lowest BCUT2D eigenvalue weighted by Gasteiger charge is -2.39. The molecule has 126 valence electrons. The predicted octanol–water partition coefficient (Wildman–Crippen LogP) is 3.49. The van der Waals surface area contributed by atoms with E-state index in [2.05, 4.69) is 19.1 Å². The summed E-state index contributed by atoms with van der Waals surface area (Å²) in [7, 11) is 0. The molecule has 1 saturated heterocycles. The lowest BCUT2D eigenvalue weighted by Crippen LogP contribution is -2.48. The SMILES string of the molecule is Cc1ccc(N)cc1C(=O)N1CC(c2ccccc2C)OCC1C. The second-order valence-electron chi connectivity index (χ2n) is 6.56. The van der Waals surface area contributed by atoms with Crippen LogP contribution >= 0.6 is 0 Å². The summed E-state index contributed by atoms with van der Waals surface area (Å²) in [6, 6.07) is 13.7. The van der Waals surface area contributed by atoms with Gasteiger partial charge in [0.1, 0.15) is 6.10 Å². The first kappa shape index (κ1) is 16.5. The van der Waals surface area contributed by atoms with Gasteiger partial charge in [0.25, 0.3) is 5.91 Å². The Kier molecular flexibility index (Phi) is 4.58. The maximum atomic E-state index is 13.1. The monoisotopic (exact) mass is 324 g/mol. The van der Waals surface area contributed by atoms with Crippen LogP contribution in [0.2, 0.25) is 0 Å². The van der Waals surface area contributed by atoms with Gasteiger partial charge in [-0.1, -0.05) is 30.3 Å². The van der Waals surface area contributed by atoms with E-state index in [1.807, 2.05) is 43.0 Å². The number of aryl methyl sites for hydroxylation is 2. The fraction of sp³-hybridized carbons (Fsp3) is 0.350. The zero-order valence-electron chi connectivity index (χ0n) is 14.5. The molecule has 24 heavy (non-hydrogen) atoms. The highest BCUT2D eigenvalue weighted by atomic mass is 16.5. The second-order valence-corrected chi connectivity index (χ2v) is 6.56. The van der Waals surface area contributed by atoms with E-state index < -0.39 is 0 Å². The lowest BCUT2D eigenvalue weighted by atomic mass is 9.99. The molecule has 0 aromatic heterocycles. The van der Waals surface area contributed by atoms with Gasteiger partial charge in [-0.05, 0) is 49.6 Å². The number of nitrogens with zero attached hydrogens (tertiary/aromatic N) is 1. The van der Waals surface area contributed by atoms with Crippen LogP contribution in [0.1, 0.15) is 40.1 Å². The van der Waals surface area contributed by atoms with Gasteiger partial charge in [-0.25, -0.2) is 0 Å². The number of rotatable bonds is 2. The third-order valence-corrected chi connectivity index (χ3v) is 4.72. The van der Waals surface area contributed by atoms with E-state index in [1.165, 1.54) is 5.56 Å². The van der Waals surface area contributed by atoms with Crippen molar-refractivity contribution < 1.29 is 9.53 Å². The first-order chi connectivity index (χ1) is 11.5. The van der Waals surface area contributed by atoms with Crippen molar-refractivity contribution in [1.29, 1.82) is 0 Å². The molecule has 2 atom stereocenters. The number of hydrogen-bond acceptors (Lipinski definition) is 3. The predicted molar refractivity (Wildman–Crippen MR) is 96.0 cm³/mol. The van der Waals surface area contributed by atoms with Crippen LogP contribution in [0.5, 0.6) is 0 Å². The minimum absolute atomic E-state index is 0.0224. The molecule has 4 nitrogen and oxygen atoms in total. The molecule has 1 aliphatic heterocycles. The molecule has 4 heteroatoms. The number of anilines is 1. The van der Waals surface area contributed by atoms with Crippen molar-refractivity contribution in [2.24, 2.45) is 0 Å². The highest BCUT2D eigenvalue weighted by molar-refractivity contribution is 5.96. The molecule has 0 aliphatic carbocycles. The maximum absolute atomic E-state index is 13.1. The van der Waals surface area contributed by atoms with Gasteiger partial charge in [0.05, 0.1) is 19.2 Å². The van der Waals surface area contributed by atoms with Crippen molar-refractivity contribution in [3.05, 3.63) is 64.7 Å². The first-order valence-corrected chi connectivity index (χ1v) is 8.31. The third kappa shape index (κ3) is 3.15. The molecule has 1 aliphatic rings. The number of nitrogens with two attached hydrogens (primary N) is 1. The largest absolute Gasteiger partial charge is 0.399 e. The molecule has 0 spiro atoms. The van der Waals surface area contributed by atoms with Gasteiger partial charge in [-0.15, -0.1) is 0 Å². The summed E-state index contributed by atoms with van der Waals surface area (Å²) in [6.07, 6.45) is -0.0901. The van der Waals surface area contributed by atoms with Crippen LogP contribution < -0.4 is 5.73 Å². The molecule has 1 heterocycles. The molecule has 2 N–H and O–H groups in total. The fourth-order valence-corrected chi connectivity index (χ4v) is 3.20. The summed E-state index contributed by atoms with van der Waals surface area (Å²) >= 11 is 0.